The first-order valence-corrected chi connectivity index (χ1v) is 5.70. The molecule has 0 bridgehead atoms. The molecule has 8 nitrogen and oxygen atoms in total. The molecule has 0 spiro atoms. The number of carbonyl (C=O) groups is 1. The van der Waals surface area contributed by atoms with Crippen LogP contribution in [0.1, 0.15) is 11.6 Å². The summed E-state index contributed by atoms with van der Waals surface area (Å²) >= 11 is 0. The summed E-state index contributed by atoms with van der Waals surface area (Å²) in [5.41, 5.74) is -0.847. The van der Waals surface area contributed by atoms with Gasteiger partial charge in [-0.1, -0.05) is 30.3 Å². The van der Waals surface area contributed by atoms with Crippen LogP contribution in [0.3, 0.4) is 0 Å². The second-order valence-electron chi connectivity index (χ2n) is 3.87. The largest absolute Gasteiger partial charge is 0.467 e. The first kappa shape index (κ1) is 13.5. The van der Waals surface area contributed by atoms with Crippen molar-refractivity contribution in [2.24, 2.45) is 0 Å². The van der Waals surface area contributed by atoms with Gasteiger partial charge in [0.15, 0.2) is 6.04 Å². The molecule has 1 aromatic heterocycles. The highest BCUT2D eigenvalue weighted by atomic mass is 16.5. The van der Waals surface area contributed by atoms with Crippen LogP contribution in [-0.4, -0.2) is 28.3 Å². The highest BCUT2D eigenvalue weighted by Crippen LogP contribution is 2.17. The number of esters is 1. The maximum absolute atomic E-state index is 11.8. The highest BCUT2D eigenvalue weighted by Gasteiger charge is 2.22. The molecule has 0 aliphatic carbocycles. The second kappa shape index (κ2) is 5.83. The molecule has 104 valence electrons. The molecule has 1 heterocycles. The Morgan fingerprint density at radius 3 is 2.60 bits per heavy atom. The van der Waals surface area contributed by atoms with E-state index in [2.05, 4.69) is 20.3 Å². The van der Waals surface area contributed by atoms with E-state index in [1.165, 1.54) is 7.11 Å². The fourth-order valence-corrected chi connectivity index (χ4v) is 1.62. The van der Waals surface area contributed by atoms with Gasteiger partial charge in [-0.05, 0) is 5.56 Å². The van der Waals surface area contributed by atoms with Crippen LogP contribution in [0.5, 0.6) is 0 Å². The van der Waals surface area contributed by atoms with E-state index in [-0.39, 0.29) is 5.82 Å². The monoisotopic (exact) mass is 276 g/mol. The minimum Gasteiger partial charge on any atom is -0.467 e. The Hall–Kier alpha value is -2.90. The summed E-state index contributed by atoms with van der Waals surface area (Å²) < 4.78 is 4.69. The second-order valence-corrected chi connectivity index (χ2v) is 3.87. The minimum absolute atomic E-state index is 0.177. The summed E-state index contributed by atoms with van der Waals surface area (Å²) in [6.07, 6.45) is 0. The third-order valence-electron chi connectivity index (χ3n) is 2.56. The lowest BCUT2D eigenvalue weighted by Crippen LogP contribution is -2.31. The molecule has 0 aliphatic rings. The summed E-state index contributed by atoms with van der Waals surface area (Å²) in [4.78, 5) is 36.3. The van der Waals surface area contributed by atoms with Crippen LogP contribution in [0.2, 0.25) is 0 Å². The molecular weight excluding hydrogens is 264 g/mol. The quantitative estimate of drug-likeness (QED) is 0.665. The van der Waals surface area contributed by atoms with Crippen molar-refractivity contribution in [3.05, 3.63) is 56.7 Å². The fourth-order valence-electron chi connectivity index (χ4n) is 1.62. The van der Waals surface area contributed by atoms with Gasteiger partial charge in [-0.15, -0.1) is 5.10 Å². The predicted molar refractivity (Wildman–Crippen MR) is 70.3 cm³/mol. The van der Waals surface area contributed by atoms with Crippen molar-refractivity contribution in [1.29, 1.82) is 0 Å². The predicted octanol–water partition coefficient (Wildman–Crippen LogP) is -0.216. The Bertz CT molecular complexity index is 707. The average Bonchev–Trinajstić information content (AvgIpc) is 2.46. The maximum atomic E-state index is 11.8. The number of H-pyrrole nitrogens is 2. The SMILES string of the molecule is COC(=O)C(Nc1n[nH]c(=O)[nH]c1=O)c1ccccc1. The Balaban J connectivity index is 2.36. The molecule has 0 radical (unpaired) electrons. The Morgan fingerprint density at radius 2 is 2.00 bits per heavy atom. The standard InChI is InChI=1S/C12H12N4O4/c1-20-11(18)8(7-5-3-2-4-6-7)13-9-10(17)14-12(19)16-15-9/h2-6,8H,1H3,(H,13,15)(H2,14,16,17,19). The lowest BCUT2D eigenvalue weighted by molar-refractivity contribution is -0.141. The molecule has 0 aliphatic heterocycles. The number of aromatic amines is 2. The van der Waals surface area contributed by atoms with Crippen LogP contribution in [-0.2, 0) is 9.53 Å². The van der Waals surface area contributed by atoms with E-state index in [0.717, 1.165) is 0 Å². The number of methoxy groups -OCH3 is 1. The van der Waals surface area contributed by atoms with Crippen molar-refractivity contribution in [2.75, 3.05) is 12.4 Å². The molecule has 2 aromatic rings. The Morgan fingerprint density at radius 1 is 1.30 bits per heavy atom. The summed E-state index contributed by atoms with van der Waals surface area (Å²) in [5, 5.41) is 8.28. The molecule has 1 unspecified atom stereocenters. The number of nitrogens with zero attached hydrogens (tertiary/aromatic N) is 1. The molecule has 2 rings (SSSR count). The zero-order chi connectivity index (χ0) is 14.5. The van der Waals surface area contributed by atoms with Gasteiger partial charge in [0.1, 0.15) is 0 Å². The Labute approximate surface area is 112 Å². The number of hydrogen-bond donors (Lipinski definition) is 3. The minimum atomic E-state index is -0.902. The summed E-state index contributed by atoms with van der Waals surface area (Å²) in [6, 6.07) is 7.79. The Kier molecular flexibility index (Phi) is 3.94. The number of carbonyl (C=O) groups excluding carboxylic acids is 1. The lowest BCUT2D eigenvalue weighted by Gasteiger charge is -2.16. The summed E-state index contributed by atoms with van der Waals surface area (Å²) in [6.45, 7) is 0. The van der Waals surface area contributed by atoms with Gasteiger partial charge in [0.05, 0.1) is 7.11 Å². The fraction of sp³-hybridized carbons (Fsp3) is 0.167. The number of rotatable bonds is 4. The van der Waals surface area contributed by atoms with Crippen molar-refractivity contribution in [2.45, 2.75) is 6.04 Å². The molecule has 0 saturated carbocycles. The topological polar surface area (TPSA) is 117 Å². The molecule has 0 fully saturated rings. The van der Waals surface area contributed by atoms with E-state index in [1.807, 2.05) is 4.98 Å². The number of benzene rings is 1. The van der Waals surface area contributed by atoms with Gasteiger partial charge in [0, 0.05) is 0 Å². The molecule has 8 heteroatoms. The van der Waals surface area contributed by atoms with E-state index in [1.54, 1.807) is 30.3 Å². The number of anilines is 1. The van der Waals surface area contributed by atoms with Crippen molar-refractivity contribution in [3.63, 3.8) is 0 Å². The molecule has 0 amide bonds. The van der Waals surface area contributed by atoms with Gasteiger partial charge in [-0.3, -0.25) is 9.78 Å². The zero-order valence-electron chi connectivity index (χ0n) is 10.5. The van der Waals surface area contributed by atoms with E-state index in [4.69, 9.17) is 0 Å². The van der Waals surface area contributed by atoms with Crippen LogP contribution >= 0.6 is 0 Å². The van der Waals surface area contributed by atoms with E-state index < -0.39 is 23.3 Å². The number of aromatic nitrogens is 3. The molecule has 1 aromatic carbocycles. The van der Waals surface area contributed by atoms with E-state index in [0.29, 0.717) is 5.56 Å². The average molecular weight is 276 g/mol. The van der Waals surface area contributed by atoms with Gasteiger partial charge >= 0.3 is 11.7 Å². The molecule has 20 heavy (non-hydrogen) atoms. The summed E-state index contributed by atoms with van der Waals surface area (Å²) in [5.74, 6) is -0.757. The number of hydrogen-bond acceptors (Lipinski definition) is 6. The molecule has 1 atom stereocenters. The van der Waals surface area contributed by atoms with Gasteiger partial charge in [0.2, 0.25) is 5.82 Å². The van der Waals surface area contributed by atoms with E-state index in [9.17, 15) is 14.4 Å². The number of nitrogens with one attached hydrogen (secondary N) is 3. The zero-order valence-corrected chi connectivity index (χ0v) is 10.5. The molecule has 3 N–H and O–H groups in total. The lowest BCUT2D eigenvalue weighted by atomic mass is 10.1. The van der Waals surface area contributed by atoms with Gasteiger partial charge in [0.25, 0.3) is 5.56 Å². The van der Waals surface area contributed by atoms with Gasteiger partial charge in [-0.2, -0.15) is 0 Å². The first-order chi connectivity index (χ1) is 9.61. The smallest absolute Gasteiger partial charge is 0.342 e. The maximum Gasteiger partial charge on any atom is 0.342 e. The third-order valence-corrected chi connectivity index (χ3v) is 2.56. The number of ether oxygens (including phenoxy) is 1. The van der Waals surface area contributed by atoms with Crippen molar-refractivity contribution >= 4 is 11.8 Å². The molecule has 0 saturated heterocycles. The highest BCUT2D eigenvalue weighted by molar-refractivity contribution is 5.80. The van der Waals surface area contributed by atoms with Crippen molar-refractivity contribution in [3.8, 4) is 0 Å². The van der Waals surface area contributed by atoms with Crippen LogP contribution in [0.15, 0.2) is 39.9 Å². The van der Waals surface area contributed by atoms with Crippen LogP contribution in [0.4, 0.5) is 5.82 Å². The first-order valence-electron chi connectivity index (χ1n) is 5.70. The molecular formula is C12H12N4O4. The van der Waals surface area contributed by atoms with E-state index >= 15 is 0 Å². The van der Waals surface area contributed by atoms with Crippen LogP contribution < -0.4 is 16.6 Å². The van der Waals surface area contributed by atoms with Crippen LogP contribution in [0, 0.1) is 0 Å². The van der Waals surface area contributed by atoms with Crippen molar-refractivity contribution in [1.82, 2.24) is 15.2 Å². The summed E-state index contributed by atoms with van der Waals surface area (Å²) in [7, 11) is 1.24. The van der Waals surface area contributed by atoms with Gasteiger partial charge < -0.3 is 10.1 Å². The van der Waals surface area contributed by atoms with Crippen molar-refractivity contribution < 1.29 is 9.53 Å². The van der Waals surface area contributed by atoms with Gasteiger partial charge in [-0.25, -0.2) is 14.7 Å². The van der Waals surface area contributed by atoms with Crippen LogP contribution in [0.25, 0.3) is 0 Å². The third kappa shape index (κ3) is 2.91. The normalized spacial score (nSPS) is 11.7.